The lowest BCUT2D eigenvalue weighted by molar-refractivity contribution is -0.139. The lowest BCUT2D eigenvalue weighted by atomic mass is 9.90. The highest BCUT2D eigenvalue weighted by molar-refractivity contribution is 7.89. The van der Waals surface area contributed by atoms with Crippen LogP contribution in [0.15, 0.2) is 53.4 Å². The summed E-state index contributed by atoms with van der Waals surface area (Å²) in [5.41, 5.74) is 0.0426. The van der Waals surface area contributed by atoms with Crippen molar-refractivity contribution in [1.82, 2.24) is 14.9 Å². The first kappa shape index (κ1) is 30.9. The molecule has 2 amide bonds. The van der Waals surface area contributed by atoms with Crippen LogP contribution < -0.4 is 10.6 Å². The Balaban J connectivity index is 1.67. The Morgan fingerprint density at radius 1 is 1.07 bits per heavy atom. The number of hydrogen-bond donors (Lipinski definition) is 4. The average molecular weight is 576 g/mol. The standard InChI is InChI=1S/C28H37N3O8S/c1-5-6-12-21(25(34)26(35)29-18(2)19-10-8-7-9-11-19)30-27(36)39-24-16-31(17-28(24,3)4)40(37,38)20-13-14-22(32)23(33)15-20/h7-11,13-15,18,21,24,32-33H,5-6,12,16-17H2,1-4H3,(H,29,35)(H,30,36)/t18-,21+,24-/m1/s1. The van der Waals surface area contributed by atoms with E-state index in [-0.39, 0.29) is 24.4 Å². The Labute approximate surface area is 234 Å². The smallest absolute Gasteiger partial charge is 0.408 e. The van der Waals surface area contributed by atoms with E-state index in [0.29, 0.717) is 6.42 Å². The number of ether oxygens (including phenoxy) is 1. The average Bonchev–Trinajstić information content (AvgIpc) is 3.22. The van der Waals surface area contributed by atoms with Crippen LogP contribution in [0.5, 0.6) is 11.5 Å². The first-order valence-corrected chi connectivity index (χ1v) is 14.6. The van der Waals surface area contributed by atoms with Gasteiger partial charge in [0.05, 0.1) is 17.5 Å². The summed E-state index contributed by atoms with van der Waals surface area (Å²) in [6.45, 7) is 7.02. The Bertz CT molecular complexity index is 1330. The molecule has 218 valence electrons. The molecule has 1 fully saturated rings. The van der Waals surface area contributed by atoms with Crippen LogP contribution >= 0.6 is 0 Å². The third-order valence-electron chi connectivity index (χ3n) is 6.98. The maximum Gasteiger partial charge on any atom is 0.408 e. The summed E-state index contributed by atoms with van der Waals surface area (Å²) in [5.74, 6) is -2.64. The number of unbranched alkanes of at least 4 members (excludes halogenated alkanes) is 1. The van der Waals surface area contributed by atoms with E-state index in [1.54, 1.807) is 20.8 Å². The molecule has 0 saturated carbocycles. The lowest BCUT2D eigenvalue weighted by Crippen LogP contribution is -2.49. The van der Waals surface area contributed by atoms with Crippen molar-refractivity contribution < 1.29 is 37.8 Å². The number of nitrogens with zero attached hydrogens (tertiary/aromatic N) is 1. The molecule has 0 bridgehead atoms. The van der Waals surface area contributed by atoms with Crippen molar-refractivity contribution in [2.75, 3.05) is 13.1 Å². The van der Waals surface area contributed by atoms with Crippen molar-refractivity contribution in [2.24, 2.45) is 5.41 Å². The molecule has 4 N–H and O–H groups in total. The molecule has 1 saturated heterocycles. The van der Waals surface area contributed by atoms with E-state index in [2.05, 4.69) is 10.6 Å². The van der Waals surface area contributed by atoms with Gasteiger partial charge in [-0.15, -0.1) is 0 Å². The number of phenolic OH excluding ortho intramolecular Hbond substituents is 2. The van der Waals surface area contributed by atoms with Gasteiger partial charge in [0.15, 0.2) is 11.5 Å². The zero-order valence-electron chi connectivity index (χ0n) is 23.1. The quantitative estimate of drug-likeness (QED) is 0.234. The first-order chi connectivity index (χ1) is 18.8. The van der Waals surface area contributed by atoms with Gasteiger partial charge in [0.2, 0.25) is 15.8 Å². The number of amides is 2. The molecule has 12 heteroatoms. The van der Waals surface area contributed by atoms with Crippen molar-refractivity contribution in [3.8, 4) is 11.5 Å². The fourth-order valence-electron chi connectivity index (χ4n) is 4.48. The summed E-state index contributed by atoms with van der Waals surface area (Å²) < 4.78 is 33.0. The normalized spacial score (nSPS) is 18.4. The Morgan fingerprint density at radius 2 is 1.75 bits per heavy atom. The maximum absolute atomic E-state index is 13.2. The Hall–Kier alpha value is -3.64. The van der Waals surface area contributed by atoms with E-state index >= 15 is 0 Å². The summed E-state index contributed by atoms with van der Waals surface area (Å²) in [6.07, 6.45) is -0.243. The number of Topliss-reactive ketones (excluding diaryl/α,β-unsaturated/α-hetero) is 1. The molecule has 1 aliphatic heterocycles. The Morgan fingerprint density at radius 3 is 2.38 bits per heavy atom. The van der Waals surface area contributed by atoms with Crippen LogP contribution in [-0.4, -0.2) is 66.0 Å². The summed E-state index contributed by atoms with van der Waals surface area (Å²) in [7, 11) is -4.07. The molecule has 1 aliphatic rings. The van der Waals surface area contributed by atoms with Gasteiger partial charge in [-0.1, -0.05) is 63.9 Å². The number of benzene rings is 2. The number of ketones is 1. The molecule has 0 aliphatic carbocycles. The van der Waals surface area contributed by atoms with Gasteiger partial charge in [0.25, 0.3) is 5.91 Å². The number of hydrogen-bond acceptors (Lipinski definition) is 8. The van der Waals surface area contributed by atoms with Gasteiger partial charge in [-0.05, 0) is 31.0 Å². The number of phenols is 2. The molecule has 11 nitrogen and oxygen atoms in total. The van der Waals surface area contributed by atoms with E-state index in [4.69, 9.17) is 4.74 Å². The fraction of sp³-hybridized carbons (Fsp3) is 0.464. The molecule has 0 radical (unpaired) electrons. The second-order valence-corrected chi connectivity index (χ2v) is 12.6. The summed E-state index contributed by atoms with van der Waals surface area (Å²) >= 11 is 0. The highest BCUT2D eigenvalue weighted by atomic mass is 32.2. The van der Waals surface area contributed by atoms with Crippen LogP contribution in [0.1, 0.15) is 58.6 Å². The molecule has 40 heavy (non-hydrogen) atoms. The minimum absolute atomic E-state index is 0.0207. The van der Waals surface area contributed by atoms with E-state index in [1.807, 2.05) is 37.3 Å². The molecule has 0 aromatic heterocycles. The molecule has 2 aromatic carbocycles. The number of carbonyl (C=O) groups excluding carboxylic acids is 3. The topological polar surface area (TPSA) is 162 Å². The lowest BCUT2D eigenvalue weighted by Gasteiger charge is -2.26. The van der Waals surface area contributed by atoms with Gasteiger partial charge in [-0.2, -0.15) is 4.31 Å². The molecule has 0 unspecified atom stereocenters. The van der Waals surface area contributed by atoms with Crippen LogP contribution in [0, 0.1) is 5.41 Å². The van der Waals surface area contributed by atoms with Crippen molar-refractivity contribution in [3.05, 3.63) is 54.1 Å². The largest absolute Gasteiger partial charge is 0.504 e. The summed E-state index contributed by atoms with van der Waals surface area (Å²) in [5, 5.41) is 24.4. The van der Waals surface area contributed by atoms with E-state index in [1.165, 1.54) is 6.07 Å². The molecular formula is C28H37N3O8S. The molecule has 0 spiro atoms. The van der Waals surface area contributed by atoms with Gasteiger partial charge < -0.3 is 25.6 Å². The van der Waals surface area contributed by atoms with Gasteiger partial charge in [0.1, 0.15) is 12.1 Å². The highest BCUT2D eigenvalue weighted by Crippen LogP contribution is 2.37. The van der Waals surface area contributed by atoms with E-state index in [9.17, 15) is 33.0 Å². The van der Waals surface area contributed by atoms with Crippen LogP contribution in [0.3, 0.4) is 0 Å². The number of alkyl carbamates (subject to hydrolysis) is 1. The van der Waals surface area contributed by atoms with Gasteiger partial charge in [-0.25, -0.2) is 13.2 Å². The first-order valence-electron chi connectivity index (χ1n) is 13.1. The second kappa shape index (κ2) is 12.7. The van der Waals surface area contributed by atoms with Gasteiger partial charge >= 0.3 is 6.09 Å². The summed E-state index contributed by atoms with van der Waals surface area (Å²) in [4.78, 5) is 38.4. The van der Waals surface area contributed by atoms with Gasteiger partial charge in [-0.3, -0.25) is 9.59 Å². The van der Waals surface area contributed by atoms with Crippen LogP contribution in [0.25, 0.3) is 0 Å². The number of sulfonamides is 1. The number of rotatable bonds is 11. The van der Waals surface area contributed by atoms with Gasteiger partial charge in [0, 0.05) is 18.0 Å². The SMILES string of the molecule is CCCC[C@H](NC(=O)O[C@@H]1CN(S(=O)(=O)c2ccc(O)c(O)c2)CC1(C)C)C(=O)C(=O)N[C@H](C)c1ccccc1. The van der Waals surface area contributed by atoms with Crippen LogP contribution in [0.4, 0.5) is 4.79 Å². The molecule has 1 heterocycles. The monoisotopic (exact) mass is 575 g/mol. The second-order valence-electron chi connectivity index (χ2n) is 10.6. The van der Waals surface area contributed by atoms with Crippen molar-refractivity contribution in [1.29, 1.82) is 0 Å². The minimum atomic E-state index is -4.07. The highest BCUT2D eigenvalue weighted by Gasteiger charge is 2.47. The molecule has 3 atom stereocenters. The number of carbonyl (C=O) groups is 3. The number of nitrogens with one attached hydrogen (secondary N) is 2. The zero-order chi connectivity index (χ0) is 29.7. The van der Waals surface area contributed by atoms with Crippen molar-refractivity contribution in [3.63, 3.8) is 0 Å². The third kappa shape index (κ3) is 7.30. The predicted molar refractivity (Wildman–Crippen MR) is 147 cm³/mol. The molecular weight excluding hydrogens is 538 g/mol. The van der Waals surface area contributed by atoms with Crippen molar-refractivity contribution in [2.45, 2.75) is 70.0 Å². The van der Waals surface area contributed by atoms with Crippen LogP contribution in [0.2, 0.25) is 0 Å². The number of aromatic hydroxyl groups is 2. The van der Waals surface area contributed by atoms with E-state index in [0.717, 1.165) is 28.4 Å². The van der Waals surface area contributed by atoms with E-state index < -0.39 is 62.9 Å². The molecule has 3 rings (SSSR count). The molecule has 2 aromatic rings. The van der Waals surface area contributed by atoms with Crippen molar-refractivity contribution >= 4 is 27.8 Å². The van der Waals surface area contributed by atoms with Crippen LogP contribution in [-0.2, 0) is 24.3 Å². The predicted octanol–water partition coefficient (Wildman–Crippen LogP) is 3.23. The fourth-order valence-corrected chi connectivity index (χ4v) is 6.11. The third-order valence-corrected chi connectivity index (χ3v) is 8.79. The maximum atomic E-state index is 13.2. The Kier molecular flexibility index (Phi) is 9.80. The minimum Gasteiger partial charge on any atom is -0.504 e. The zero-order valence-corrected chi connectivity index (χ0v) is 23.9. The summed E-state index contributed by atoms with van der Waals surface area (Å²) in [6, 6.07) is 10.8.